The number of hydrogen-bond donors (Lipinski definition) is 1. The minimum atomic E-state index is 0.158. The Morgan fingerprint density at radius 1 is 1.19 bits per heavy atom. The Bertz CT molecular complexity index is 1100. The first kappa shape index (κ1) is 18.9. The molecule has 0 spiro atoms. The van der Waals surface area contributed by atoms with Crippen LogP contribution >= 0.6 is 0 Å². The summed E-state index contributed by atoms with van der Waals surface area (Å²) in [6.07, 6.45) is 8.63. The molecule has 4 aliphatic rings. The van der Waals surface area contributed by atoms with Gasteiger partial charge in [0.05, 0.1) is 35.0 Å². The van der Waals surface area contributed by atoms with Crippen LogP contribution in [0.3, 0.4) is 0 Å². The first-order chi connectivity index (χ1) is 15.1. The second kappa shape index (κ2) is 7.12. The lowest BCUT2D eigenvalue weighted by atomic mass is 9.82. The minimum absolute atomic E-state index is 0.158. The lowest BCUT2D eigenvalue weighted by Crippen LogP contribution is -2.78. The smallest absolute Gasteiger partial charge is 0.123 e. The van der Waals surface area contributed by atoms with E-state index in [1.807, 2.05) is 12.4 Å². The monoisotopic (exact) mass is 416 g/mol. The van der Waals surface area contributed by atoms with Crippen LogP contribution in [-0.2, 0) is 4.79 Å². The molecule has 2 saturated carbocycles. The van der Waals surface area contributed by atoms with Crippen LogP contribution in [0.5, 0.6) is 0 Å². The van der Waals surface area contributed by atoms with Crippen LogP contribution < -0.4 is 10.6 Å². The molecule has 7 nitrogen and oxygen atoms in total. The molecule has 31 heavy (non-hydrogen) atoms. The standard InChI is InChI=1S/C24H28N6O/c1-29-11-23-22(29)12-30(23)17-4-5-19-20(8-17)28-21(10-27-19)18(24(25)15-2-3-15)9-26-16-6-14(7-16)13-31/h4-5,8-10,13-16,22-23H,2-3,6-7,11-12,25H2,1H3. The molecule has 7 heteroatoms. The van der Waals surface area contributed by atoms with Crippen LogP contribution in [0.1, 0.15) is 31.4 Å². The molecule has 1 aromatic carbocycles. The highest BCUT2D eigenvalue weighted by Gasteiger charge is 2.49. The number of benzene rings is 1. The van der Waals surface area contributed by atoms with Gasteiger partial charge in [-0.25, -0.2) is 4.98 Å². The van der Waals surface area contributed by atoms with Gasteiger partial charge in [0.25, 0.3) is 0 Å². The topological polar surface area (TPSA) is 87.7 Å². The number of aliphatic imine (C=N–C) groups is 1. The Morgan fingerprint density at radius 2 is 2.03 bits per heavy atom. The second-order valence-corrected chi connectivity index (χ2v) is 9.60. The fraction of sp³-hybridized carbons (Fsp3) is 0.500. The summed E-state index contributed by atoms with van der Waals surface area (Å²) in [4.78, 5) is 30.1. The zero-order chi connectivity index (χ0) is 21.1. The summed E-state index contributed by atoms with van der Waals surface area (Å²) in [5, 5.41) is 0. The van der Waals surface area contributed by atoms with Gasteiger partial charge in [-0.05, 0) is 56.8 Å². The molecule has 1 aromatic heterocycles. The van der Waals surface area contributed by atoms with Gasteiger partial charge >= 0.3 is 0 Å². The summed E-state index contributed by atoms with van der Waals surface area (Å²) in [5.74, 6) is 0.578. The van der Waals surface area contributed by atoms with E-state index in [4.69, 9.17) is 15.7 Å². The average Bonchev–Trinajstić information content (AvgIpc) is 3.58. The van der Waals surface area contributed by atoms with E-state index in [1.54, 1.807) is 0 Å². The van der Waals surface area contributed by atoms with Crippen LogP contribution in [0.4, 0.5) is 5.69 Å². The number of fused-ring (bicyclic) bond motifs is 2. The molecule has 0 bridgehead atoms. The number of likely N-dealkylation sites (N-methyl/N-ethyl adjacent to an activating group) is 1. The number of nitrogens with two attached hydrogens (primary N) is 1. The lowest BCUT2D eigenvalue weighted by molar-refractivity contribution is -0.113. The maximum absolute atomic E-state index is 10.9. The normalized spacial score (nSPS) is 30.9. The molecular weight excluding hydrogens is 388 g/mol. The SMILES string of the molecule is CN1CC2C1CN2c1ccc2ncc(C(C=NC3CC(C=O)C3)=C(N)C3CC3)nc2c1. The minimum Gasteiger partial charge on any atom is -0.401 e. The van der Waals surface area contributed by atoms with Crippen molar-refractivity contribution in [2.45, 2.75) is 43.8 Å². The van der Waals surface area contributed by atoms with E-state index in [1.165, 1.54) is 5.69 Å². The number of allylic oxidation sites excluding steroid dienone is 2. The number of carbonyl (C=O) groups is 1. The van der Waals surface area contributed by atoms with Crippen molar-refractivity contribution in [3.8, 4) is 0 Å². The Kier molecular flexibility index (Phi) is 4.35. The summed E-state index contributed by atoms with van der Waals surface area (Å²) in [5.41, 5.74) is 12.1. The molecule has 2 atom stereocenters. The quantitative estimate of drug-likeness (QED) is 0.574. The van der Waals surface area contributed by atoms with E-state index < -0.39 is 0 Å². The Hall–Kier alpha value is -2.80. The summed E-state index contributed by atoms with van der Waals surface area (Å²) in [6.45, 7) is 2.21. The van der Waals surface area contributed by atoms with Gasteiger partial charge < -0.3 is 15.4 Å². The number of anilines is 1. The number of likely N-dealkylation sites (tertiary alicyclic amines) is 1. The Morgan fingerprint density at radius 3 is 2.71 bits per heavy atom. The van der Waals surface area contributed by atoms with Crippen molar-refractivity contribution < 1.29 is 4.79 Å². The Labute approximate surface area is 182 Å². The van der Waals surface area contributed by atoms with Gasteiger partial charge in [0.2, 0.25) is 0 Å². The number of rotatable bonds is 6. The highest BCUT2D eigenvalue weighted by molar-refractivity contribution is 6.10. The van der Waals surface area contributed by atoms with Crippen molar-refractivity contribution in [3.63, 3.8) is 0 Å². The average molecular weight is 417 g/mol. The van der Waals surface area contributed by atoms with E-state index in [0.29, 0.717) is 18.0 Å². The van der Waals surface area contributed by atoms with Gasteiger partial charge in [0.1, 0.15) is 6.29 Å². The molecule has 4 fully saturated rings. The fourth-order valence-electron chi connectivity index (χ4n) is 5.02. The maximum Gasteiger partial charge on any atom is 0.123 e. The summed E-state index contributed by atoms with van der Waals surface area (Å²) >= 11 is 0. The van der Waals surface area contributed by atoms with Crippen LogP contribution in [0.25, 0.3) is 16.6 Å². The van der Waals surface area contributed by atoms with Gasteiger partial charge in [0.15, 0.2) is 0 Å². The molecule has 0 amide bonds. The molecule has 2 N–H and O–H groups in total. The largest absolute Gasteiger partial charge is 0.401 e. The summed E-state index contributed by atoms with van der Waals surface area (Å²) < 4.78 is 0. The summed E-state index contributed by atoms with van der Waals surface area (Å²) in [6, 6.07) is 7.90. The van der Waals surface area contributed by atoms with E-state index >= 15 is 0 Å². The highest BCUT2D eigenvalue weighted by Crippen LogP contribution is 2.38. The number of nitrogens with zero attached hydrogens (tertiary/aromatic N) is 5. The third-order valence-electron chi connectivity index (χ3n) is 7.49. The first-order valence-electron chi connectivity index (χ1n) is 11.3. The zero-order valence-corrected chi connectivity index (χ0v) is 17.8. The van der Waals surface area contributed by atoms with Crippen molar-refractivity contribution >= 4 is 34.8 Å². The lowest BCUT2D eigenvalue weighted by Gasteiger charge is -2.62. The van der Waals surface area contributed by atoms with Gasteiger partial charge in [0, 0.05) is 48.2 Å². The third-order valence-corrected chi connectivity index (χ3v) is 7.49. The third kappa shape index (κ3) is 3.22. The number of aromatic nitrogens is 2. The van der Waals surface area contributed by atoms with E-state index in [0.717, 1.165) is 73.1 Å². The molecular formula is C24H28N6O. The van der Waals surface area contributed by atoms with Crippen LogP contribution in [-0.4, -0.2) is 65.6 Å². The van der Waals surface area contributed by atoms with Gasteiger partial charge in [-0.2, -0.15) is 0 Å². The maximum atomic E-state index is 10.9. The molecule has 2 unspecified atom stereocenters. The number of aldehydes is 1. The van der Waals surface area contributed by atoms with Gasteiger partial charge in [-0.1, -0.05) is 0 Å². The predicted octanol–water partition coefficient (Wildman–Crippen LogP) is 2.26. The van der Waals surface area contributed by atoms with E-state index in [2.05, 4.69) is 40.0 Å². The van der Waals surface area contributed by atoms with Crippen molar-refractivity contribution in [1.82, 2.24) is 14.9 Å². The van der Waals surface area contributed by atoms with Crippen molar-refractivity contribution in [3.05, 3.63) is 35.8 Å². The molecule has 2 saturated heterocycles. The van der Waals surface area contributed by atoms with Crippen LogP contribution in [0, 0.1) is 11.8 Å². The zero-order valence-electron chi connectivity index (χ0n) is 17.8. The second-order valence-electron chi connectivity index (χ2n) is 9.60. The molecule has 2 aromatic rings. The predicted molar refractivity (Wildman–Crippen MR) is 122 cm³/mol. The van der Waals surface area contributed by atoms with Gasteiger partial charge in [-0.3, -0.25) is 14.9 Å². The van der Waals surface area contributed by atoms with Crippen molar-refractivity contribution in [2.24, 2.45) is 22.6 Å². The molecule has 2 aliphatic carbocycles. The van der Waals surface area contributed by atoms with Crippen LogP contribution in [0.2, 0.25) is 0 Å². The van der Waals surface area contributed by atoms with Crippen molar-refractivity contribution in [2.75, 3.05) is 25.0 Å². The molecule has 2 aliphatic heterocycles. The van der Waals surface area contributed by atoms with Gasteiger partial charge in [-0.15, -0.1) is 0 Å². The highest BCUT2D eigenvalue weighted by atomic mass is 16.1. The molecule has 3 heterocycles. The molecule has 160 valence electrons. The van der Waals surface area contributed by atoms with E-state index in [-0.39, 0.29) is 12.0 Å². The van der Waals surface area contributed by atoms with Crippen molar-refractivity contribution in [1.29, 1.82) is 0 Å². The Balaban J connectivity index is 1.30. The molecule has 0 radical (unpaired) electrons. The summed E-state index contributed by atoms with van der Waals surface area (Å²) in [7, 11) is 2.19. The first-order valence-corrected chi connectivity index (χ1v) is 11.3. The number of carbonyl (C=O) groups excluding carboxylic acids is 1. The number of piperazine rings is 1. The number of hydrogen-bond acceptors (Lipinski definition) is 7. The van der Waals surface area contributed by atoms with E-state index in [9.17, 15) is 4.79 Å². The molecule has 6 rings (SSSR count). The van der Waals surface area contributed by atoms with Crippen LogP contribution in [0.15, 0.2) is 35.1 Å². The fourth-order valence-corrected chi connectivity index (χ4v) is 5.02.